The van der Waals surface area contributed by atoms with Crippen molar-refractivity contribution in [2.45, 2.75) is 59.4 Å². The van der Waals surface area contributed by atoms with Gasteiger partial charge in [0.05, 0.1) is 6.04 Å². The molecule has 2 N–H and O–H groups in total. The lowest BCUT2D eigenvalue weighted by molar-refractivity contribution is 0.653. The average molecular weight is 698 g/mol. The zero-order chi connectivity index (χ0) is 38.3. The molecule has 0 radical (unpaired) electrons. The molecule has 1 atom stereocenters. The van der Waals surface area contributed by atoms with Crippen LogP contribution < -0.4 is 5.73 Å². The van der Waals surface area contributed by atoms with Crippen LogP contribution in [0, 0.1) is 0 Å². The number of allylic oxidation sites excluding steroid dienone is 5. The summed E-state index contributed by atoms with van der Waals surface area (Å²) in [6, 6.07) is 41.5. The molecular formula is C50H55N3. The molecular weight excluding hydrogens is 643 g/mol. The van der Waals surface area contributed by atoms with E-state index in [9.17, 15) is 0 Å². The summed E-state index contributed by atoms with van der Waals surface area (Å²) in [5.74, 6) is 0.693. The molecule has 0 spiro atoms. The topological polar surface area (TPSA) is 50.7 Å². The summed E-state index contributed by atoms with van der Waals surface area (Å²) in [6.07, 6.45) is 8.20. The first kappa shape index (κ1) is 40.1. The van der Waals surface area contributed by atoms with Gasteiger partial charge in [-0.1, -0.05) is 146 Å². The van der Waals surface area contributed by atoms with Crippen LogP contribution in [-0.2, 0) is 12.8 Å². The number of nitrogens with two attached hydrogens (primary N) is 1. The van der Waals surface area contributed by atoms with Gasteiger partial charge in [-0.15, -0.1) is 13.2 Å². The molecule has 3 heteroatoms. The van der Waals surface area contributed by atoms with Crippen LogP contribution in [0.15, 0.2) is 163 Å². The third-order valence-corrected chi connectivity index (χ3v) is 9.34. The van der Waals surface area contributed by atoms with Crippen molar-refractivity contribution in [1.29, 1.82) is 0 Å². The molecule has 0 saturated heterocycles. The summed E-state index contributed by atoms with van der Waals surface area (Å²) in [4.78, 5) is 10.1. The van der Waals surface area contributed by atoms with Crippen LogP contribution in [0.1, 0.15) is 85.5 Å². The maximum Gasteiger partial charge on any atom is 0.155 e. The van der Waals surface area contributed by atoms with Crippen molar-refractivity contribution in [2.24, 2.45) is 15.7 Å². The van der Waals surface area contributed by atoms with Crippen molar-refractivity contribution in [3.63, 3.8) is 0 Å². The maximum absolute atomic E-state index is 5.46. The molecule has 3 nitrogen and oxygen atoms in total. The zero-order valence-electron chi connectivity index (χ0n) is 32.3. The predicted molar refractivity (Wildman–Crippen MR) is 234 cm³/mol. The second kappa shape index (κ2) is 19.8. The van der Waals surface area contributed by atoms with Gasteiger partial charge in [0.2, 0.25) is 0 Å². The smallest absolute Gasteiger partial charge is 0.155 e. The monoisotopic (exact) mass is 697 g/mol. The van der Waals surface area contributed by atoms with Gasteiger partial charge in [-0.3, -0.25) is 4.99 Å². The molecule has 1 unspecified atom stereocenters. The van der Waals surface area contributed by atoms with Crippen LogP contribution in [-0.4, -0.2) is 19.6 Å². The van der Waals surface area contributed by atoms with E-state index in [2.05, 4.69) is 192 Å². The lowest BCUT2D eigenvalue weighted by Gasteiger charge is -2.18. The molecule has 6 rings (SSSR count). The molecule has 0 fully saturated rings. The van der Waals surface area contributed by atoms with Crippen LogP contribution >= 0.6 is 0 Å². The summed E-state index contributed by atoms with van der Waals surface area (Å²) in [5, 5.41) is 0. The average Bonchev–Trinajstić information content (AvgIpc) is 3.59. The van der Waals surface area contributed by atoms with Gasteiger partial charge in [-0.25, -0.2) is 4.99 Å². The summed E-state index contributed by atoms with van der Waals surface area (Å²) >= 11 is 0. The van der Waals surface area contributed by atoms with Gasteiger partial charge < -0.3 is 5.73 Å². The van der Waals surface area contributed by atoms with Crippen LogP contribution in [0.25, 0.3) is 33.4 Å². The standard InChI is InChI=1S/C47H46N2.C2H4.CH5N/c1-7-14-37(29-32(2)3)38-17-11-18-39(30-38)45(28-23-34-15-9-8-10-16-34)49-47(48-6)43-22-12-19-40-31-44-41(20-13-21-42(44)46(40)43)36-26-24-35(25-27-36)33(4)5;2*1-2/h8-22,24-27,29-30,45H,4,6-7,23,28,31H2,1-3,5H3;1-2H2;2H2,1H3/b37-14+,49-47?;;. The van der Waals surface area contributed by atoms with Gasteiger partial charge in [-0.2, -0.15) is 0 Å². The number of aryl methyl sites for hydroxylation is 1. The van der Waals surface area contributed by atoms with E-state index in [-0.39, 0.29) is 6.04 Å². The van der Waals surface area contributed by atoms with Gasteiger partial charge >= 0.3 is 0 Å². The van der Waals surface area contributed by atoms with Crippen molar-refractivity contribution >= 4 is 23.7 Å². The number of amidine groups is 1. The summed E-state index contributed by atoms with van der Waals surface area (Å²) in [7, 11) is 1.50. The van der Waals surface area contributed by atoms with Crippen LogP contribution in [0.4, 0.5) is 0 Å². The Morgan fingerprint density at radius 1 is 0.792 bits per heavy atom. The number of hydrogen-bond donors (Lipinski definition) is 1. The normalized spacial score (nSPS) is 12.2. The van der Waals surface area contributed by atoms with E-state index < -0.39 is 0 Å². The number of aliphatic imine (C=N–C) groups is 2. The predicted octanol–water partition coefficient (Wildman–Crippen LogP) is 12.9. The first-order valence-electron chi connectivity index (χ1n) is 18.5. The zero-order valence-corrected chi connectivity index (χ0v) is 32.3. The fourth-order valence-electron chi connectivity index (χ4n) is 6.97. The van der Waals surface area contributed by atoms with Crippen LogP contribution in [0.3, 0.4) is 0 Å². The summed E-state index contributed by atoms with van der Waals surface area (Å²) in [6.45, 7) is 22.7. The fraction of sp³-hybridized carbons (Fsp3) is 0.200. The molecule has 0 amide bonds. The molecule has 0 heterocycles. The van der Waals surface area contributed by atoms with E-state index in [1.54, 1.807) is 0 Å². The fourth-order valence-corrected chi connectivity index (χ4v) is 6.97. The van der Waals surface area contributed by atoms with Crippen molar-refractivity contribution in [2.75, 3.05) is 7.05 Å². The highest BCUT2D eigenvalue weighted by molar-refractivity contribution is 6.08. The van der Waals surface area contributed by atoms with E-state index in [1.807, 2.05) is 0 Å². The van der Waals surface area contributed by atoms with E-state index in [0.717, 1.165) is 36.8 Å². The number of benzene rings is 5. The highest BCUT2D eigenvalue weighted by Gasteiger charge is 2.26. The number of rotatable bonds is 11. The summed E-state index contributed by atoms with van der Waals surface area (Å²) < 4.78 is 0. The van der Waals surface area contributed by atoms with Crippen LogP contribution in [0.5, 0.6) is 0 Å². The molecule has 53 heavy (non-hydrogen) atoms. The van der Waals surface area contributed by atoms with Crippen LogP contribution in [0.2, 0.25) is 0 Å². The minimum Gasteiger partial charge on any atom is -0.333 e. The van der Waals surface area contributed by atoms with Crippen molar-refractivity contribution in [3.05, 3.63) is 192 Å². The number of nitrogens with zero attached hydrogens (tertiary/aromatic N) is 2. The molecule has 1 aliphatic rings. The molecule has 270 valence electrons. The Kier molecular flexibility index (Phi) is 15.0. The molecule has 0 aromatic heterocycles. The maximum atomic E-state index is 5.46. The van der Waals surface area contributed by atoms with Crippen molar-refractivity contribution in [3.8, 4) is 22.3 Å². The van der Waals surface area contributed by atoms with Gasteiger partial charge in [0, 0.05) is 5.56 Å². The van der Waals surface area contributed by atoms with Crippen molar-refractivity contribution < 1.29 is 0 Å². The highest BCUT2D eigenvalue weighted by Crippen LogP contribution is 2.44. The van der Waals surface area contributed by atoms with Gasteiger partial charge in [0.25, 0.3) is 0 Å². The third-order valence-electron chi connectivity index (χ3n) is 9.34. The largest absolute Gasteiger partial charge is 0.333 e. The van der Waals surface area contributed by atoms with Crippen molar-refractivity contribution in [1.82, 2.24) is 0 Å². The summed E-state index contributed by atoms with van der Waals surface area (Å²) in [5.41, 5.74) is 21.6. The molecule has 5 aromatic rings. The van der Waals surface area contributed by atoms with Gasteiger partial charge in [0.15, 0.2) is 5.84 Å². The third kappa shape index (κ3) is 9.83. The minimum atomic E-state index is -0.0925. The quantitative estimate of drug-likeness (QED) is 0.0623. The van der Waals surface area contributed by atoms with E-state index in [4.69, 9.17) is 4.99 Å². The Morgan fingerprint density at radius 2 is 1.47 bits per heavy atom. The first-order chi connectivity index (χ1) is 25.9. The number of fused-ring (bicyclic) bond motifs is 3. The molecule has 0 aliphatic heterocycles. The molecule has 5 aromatic carbocycles. The first-order valence-corrected chi connectivity index (χ1v) is 18.5. The lowest BCUT2D eigenvalue weighted by atomic mass is 9.93. The second-order valence-electron chi connectivity index (χ2n) is 13.3. The Bertz CT molecular complexity index is 2090. The Labute approximate surface area is 318 Å². The van der Waals surface area contributed by atoms with Gasteiger partial charge in [-0.05, 0) is 127 Å². The Balaban J connectivity index is 0.00000152. The molecule has 1 aliphatic carbocycles. The molecule has 0 saturated carbocycles. The van der Waals surface area contributed by atoms with E-state index >= 15 is 0 Å². The second-order valence-corrected chi connectivity index (χ2v) is 13.3. The molecule has 0 bridgehead atoms. The van der Waals surface area contributed by atoms with E-state index in [0.29, 0.717) is 5.84 Å². The Morgan fingerprint density at radius 3 is 2.13 bits per heavy atom. The number of hydrogen-bond acceptors (Lipinski definition) is 2. The van der Waals surface area contributed by atoms with E-state index in [1.165, 1.54) is 73.8 Å². The SMILES string of the molecule is C=C.C=NC(=NC(CCc1ccccc1)c1cccc(/C(C=C(C)C)=C/CC)c1)c1cccc2c1-c1cccc(-c3ccc(C(=C)C)cc3)c1C2.CN. The Hall–Kier alpha value is -5.64. The highest BCUT2D eigenvalue weighted by atomic mass is 14.9. The van der Waals surface area contributed by atoms with Gasteiger partial charge in [0.1, 0.15) is 0 Å². The minimum absolute atomic E-state index is 0.0925. The lowest BCUT2D eigenvalue weighted by Crippen LogP contribution is -2.06.